The van der Waals surface area contributed by atoms with E-state index in [4.69, 9.17) is 11.6 Å². The van der Waals surface area contributed by atoms with Crippen LogP contribution in [0.15, 0.2) is 6.33 Å². The normalized spacial score (nSPS) is 17.0. The molecular formula is C13H18ClN5. The second-order valence-corrected chi connectivity index (χ2v) is 5.58. The van der Waals surface area contributed by atoms with Crippen LogP contribution in [0.2, 0.25) is 5.15 Å². The van der Waals surface area contributed by atoms with Gasteiger partial charge >= 0.3 is 0 Å². The fourth-order valence-corrected chi connectivity index (χ4v) is 3.10. The van der Waals surface area contributed by atoms with Crippen LogP contribution in [-0.4, -0.2) is 32.7 Å². The molecule has 0 saturated heterocycles. The molecule has 0 spiro atoms. The molecular weight excluding hydrogens is 262 g/mol. The van der Waals surface area contributed by atoms with Crippen LogP contribution in [0.4, 0.5) is 5.82 Å². The summed E-state index contributed by atoms with van der Waals surface area (Å²) >= 11 is 6.21. The lowest BCUT2D eigenvalue weighted by atomic mass is 9.94. The summed E-state index contributed by atoms with van der Waals surface area (Å²) in [6.45, 7) is 1.99. The van der Waals surface area contributed by atoms with Crippen molar-refractivity contribution in [1.82, 2.24) is 19.6 Å². The van der Waals surface area contributed by atoms with E-state index in [1.165, 1.54) is 38.4 Å². The third kappa shape index (κ3) is 2.16. The number of anilines is 1. The first-order chi connectivity index (χ1) is 9.18. The molecule has 0 bridgehead atoms. The van der Waals surface area contributed by atoms with Gasteiger partial charge < -0.3 is 4.90 Å². The molecule has 0 aliphatic heterocycles. The van der Waals surface area contributed by atoms with Crippen molar-refractivity contribution in [3.05, 3.63) is 17.0 Å². The van der Waals surface area contributed by atoms with Gasteiger partial charge in [-0.3, -0.25) is 0 Å². The summed E-state index contributed by atoms with van der Waals surface area (Å²) in [5, 5.41) is 4.79. The quantitative estimate of drug-likeness (QED) is 0.793. The van der Waals surface area contributed by atoms with Crippen LogP contribution in [0.5, 0.6) is 0 Å². The highest BCUT2D eigenvalue weighted by molar-refractivity contribution is 6.30. The molecule has 2 aromatic heterocycles. The van der Waals surface area contributed by atoms with Gasteiger partial charge in [0.1, 0.15) is 17.3 Å². The summed E-state index contributed by atoms with van der Waals surface area (Å²) in [5.41, 5.74) is 0.966. The molecule has 102 valence electrons. The minimum Gasteiger partial charge on any atom is -0.356 e. The zero-order valence-electron chi connectivity index (χ0n) is 11.3. The molecule has 2 heterocycles. The summed E-state index contributed by atoms with van der Waals surface area (Å²) in [6, 6.07) is 0.554. The lowest BCUT2D eigenvalue weighted by Crippen LogP contribution is -2.35. The Hall–Kier alpha value is -1.36. The van der Waals surface area contributed by atoms with Crippen LogP contribution < -0.4 is 4.90 Å². The van der Waals surface area contributed by atoms with Gasteiger partial charge in [-0.1, -0.05) is 30.9 Å². The molecule has 3 rings (SSSR count). The molecule has 6 heteroatoms. The van der Waals surface area contributed by atoms with Crippen molar-refractivity contribution in [2.75, 3.05) is 11.9 Å². The van der Waals surface area contributed by atoms with Gasteiger partial charge in [-0.05, 0) is 19.8 Å². The molecule has 1 aliphatic rings. The Bertz CT molecular complexity index is 588. The van der Waals surface area contributed by atoms with Crippen LogP contribution in [0, 0.1) is 6.92 Å². The summed E-state index contributed by atoms with van der Waals surface area (Å²) < 4.78 is 1.79. The van der Waals surface area contributed by atoms with E-state index in [0.717, 1.165) is 11.4 Å². The molecule has 5 nitrogen and oxygen atoms in total. The van der Waals surface area contributed by atoms with Crippen LogP contribution in [0.1, 0.15) is 37.7 Å². The maximum Gasteiger partial charge on any atom is 0.255 e. The monoisotopic (exact) mass is 279 g/mol. The number of hydrogen-bond donors (Lipinski definition) is 0. The number of halogens is 1. The standard InChI is InChI=1S/C13H18ClN5/c1-9-11(14)17-13-15-8-16-19(13)12(9)18(2)10-6-4-3-5-7-10/h8,10H,3-7H2,1-2H3. The van der Waals surface area contributed by atoms with Crippen molar-refractivity contribution in [1.29, 1.82) is 0 Å². The molecule has 0 radical (unpaired) electrons. The minimum atomic E-state index is 0.512. The summed E-state index contributed by atoms with van der Waals surface area (Å²) in [6.07, 6.45) is 7.92. The van der Waals surface area contributed by atoms with Crippen molar-refractivity contribution in [3.63, 3.8) is 0 Å². The first-order valence-corrected chi connectivity index (χ1v) is 7.15. The van der Waals surface area contributed by atoms with E-state index in [1.807, 2.05) is 6.92 Å². The van der Waals surface area contributed by atoms with Gasteiger partial charge in [-0.2, -0.15) is 19.6 Å². The first kappa shape index (κ1) is 12.7. The number of rotatable bonds is 2. The van der Waals surface area contributed by atoms with E-state index in [2.05, 4.69) is 27.0 Å². The zero-order valence-corrected chi connectivity index (χ0v) is 12.1. The van der Waals surface area contributed by atoms with Gasteiger partial charge in [0.15, 0.2) is 0 Å². The van der Waals surface area contributed by atoms with Crippen molar-refractivity contribution < 1.29 is 0 Å². The predicted octanol–water partition coefficient (Wildman–Crippen LogP) is 2.86. The van der Waals surface area contributed by atoms with Crippen molar-refractivity contribution >= 4 is 23.2 Å². The SMILES string of the molecule is Cc1c(Cl)nc2ncnn2c1N(C)C1CCCCC1. The first-order valence-electron chi connectivity index (χ1n) is 6.77. The lowest BCUT2D eigenvalue weighted by molar-refractivity contribution is 0.424. The van der Waals surface area contributed by atoms with Crippen LogP contribution >= 0.6 is 11.6 Å². The van der Waals surface area contributed by atoms with E-state index in [0.29, 0.717) is 17.0 Å². The van der Waals surface area contributed by atoms with Gasteiger partial charge in [-0.15, -0.1) is 0 Å². The third-order valence-corrected chi connectivity index (χ3v) is 4.40. The summed E-state index contributed by atoms with van der Waals surface area (Å²) in [4.78, 5) is 10.7. The smallest absolute Gasteiger partial charge is 0.255 e. The Morgan fingerprint density at radius 3 is 2.79 bits per heavy atom. The second-order valence-electron chi connectivity index (χ2n) is 5.23. The number of hydrogen-bond acceptors (Lipinski definition) is 4. The van der Waals surface area contributed by atoms with Gasteiger partial charge in [-0.25, -0.2) is 0 Å². The Kier molecular flexibility index (Phi) is 3.31. The highest BCUT2D eigenvalue weighted by Gasteiger charge is 2.23. The topological polar surface area (TPSA) is 46.3 Å². The Labute approximate surface area is 117 Å². The highest BCUT2D eigenvalue weighted by atomic mass is 35.5. The van der Waals surface area contributed by atoms with E-state index in [9.17, 15) is 0 Å². The Morgan fingerprint density at radius 2 is 2.05 bits per heavy atom. The molecule has 0 N–H and O–H groups in total. The van der Waals surface area contributed by atoms with Crippen LogP contribution in [0.3, 0.4) is 0 Å². The molecule has 1 fully saturated rings. The molecule has 0 atom stereocenters. The van der Waals surface area contributed by atoms with Crippen LogP contribution in [-0.2, 0) is 0 Å². The summed E-state index contributed by atoms with van der Waals surface area (Å²) in [5.74, 6) is 1.58. The van der Waals surface area contributed by atoms with Crippen molar-refractivity contribution in [2.45, 2.75) is 45.1 Å². The highest BCUT2D eigenvalue weighted by Crippen LogP contribution is 2.30. The fourth-order valence-electron chi connectivity index (χ4n) is 2.94. The predicted molar refractivity (Wildman–Crippen MR) is 75.8 cm³/mol. The Morgan fingerprint density at radius 1 is 1.32 bits per heavy atom. The molecule has 1 saturated carbocycles. The maximum atomic E-state index is 6.21. The molecule has 0 aromatic carbocycles. The largest absolute Gasteiger partial charge is 0.356 e. The number of fused-ring (bicyclic) bond motifs is 1. The minimum absolute atomic E-state index is 0.512. The lowest BCUT2D eigenvalue weighted by Gasteiger charge is -2.33. The zero-order chi connectivity index (χ0) is 13.4. The maximum absolute atomic E-state index is 6.21. The second kappa shape index (κ2) is 4.96. The van der Waals surface area contributed by atoms with E-state index in [-0.39, 0.29) is 0 Å². The molecule has 0 unspecified atom stereocenters. The average Bonchev–Trinajstić information content (AvgIpc) is 2.88. The summed E-state index contributed by atoms with van der Waals surface area (Å²) in [7, 11) is 2.12. The van der Waals surface area contributed by atoms with E-state index in [1.54, 1.807) is 4.52 Å². The Balaban J connectivity index is 2.07. The molecule has 1 aliphatic carbocycles. The number of nitrogens with zero attached hydrogens (tertiary/aromatic N) is 5. The van der Waals surface area contributed by atoms with E-state index >= 15 is 0 Å². The molecule has 19 heavy (non-hydrogen) atoms. The average molecular weight is 280 g/mol. The van der Waals surface area contributed by atoms with Gasteiger partial charge in [0, 0.05) is 18.7 Å². The molecule has 0 amide bonds. The van der Waals surface area contributed by atoms with Crippen molar-refractivity contribution in [2.24, 2.45) is 0 Å². The van der Waals surface area contributed by atoms with Crippen LogP contribution in [0.25, 0.3) is 5.78 Å². The third-order valence-electron chi connectivity index (χ3n) is 4.03. The number of aromatic nitrogens is 4. The van der Waals surface area contributed by atoms with Gasteiger partial charge in [0.05, 0.1) is 0 Å². The van der Waals surface area contributed by atoms with Crippen molar-refractivity contribution in [3.8, 4) is 0 Å². The fraction of sp³-hybridized carbons (Fsp3) is 0.615. The van der Waals surface area contributed by atoms with E-state index < -0.39 is 0 Å². The molecule has 2 aromatic rings. The van der Waals surface area contributed by atoms with Gasteiger partial charge in [0.25, 0.3) is 5.78 Å². The van der Waals surface area contributed by atoms with Gasteiger partial charge in [0.2, 0.25) is 0 Å².